The third kappa shape index (κ3) is 3.39. The molecule has 18 heavy (non-hydrogen) atoms. The number of carbonyl (C=O) groups is 1. The third-order valence-corrected chi connectivity index (χ3v) is 3.40. The fourth-order valence-corrected chi connectivity index (χ4v) is 2.39. The first-order valence-corrected chi connectivity index (χ1v) is 6.51. The van der Waals surface area contributed by atoms with Crippen LogP contribution >= 0.6 is 0 Å². The number of hydrogen-bond acceptors (Lipinski definition) is 2. The molecule has 0 radical (unpaired) electrons. The molecule has 4 heteroatoms. The Hall–Kier alpha value is -1.71. The molecule has 0 saturated heterocycles. The second-order valence-electron chi connectivity index (χ2n) is 5.03. The fourth-order valence-electron chi connectivity index (χ4n) is 2.39. The van der Waals surface area contributed by atoms with Gasteiger partial charge in [0, 0.05) is 25.3 Å². The van der Waals surface area contributed by atoms with Gasteiger partial charge in [-0.25, -0.2) is 4.79 Å². The summed E-state index contributed by atoms with van der Waals surface area (Å²) < 4.78 is 0. The van der Waals surface area contributed by atoms with E-state index in [2.05, 4.69) is 5.32 Å². The fraction of sp³-hybridized carbons (Fsp3) is 0.500. The molecule has 0 spiro atoms. The van der Waals surface area contributed by atoms with E-state index in [1.54, 1.807) is 4.90 Å². The molecular weight excluding hydrogens is 226 g/mol. The second kappa shape index (κ2) is 5.76. The van der Waals surface area contributed by atoms with E-state index in [-0.39, 0.29) is 6.03 Å². The highest BCUT2D eigenvalue weighted by atomic mass is 16.2. The van der Waals surface area contributed by atoms with E-state index in [1.165, 1.54) is 12.8 Å². The van der Waals surface area contributed by atoms with Gasteiger partial charge in [-0.15, -0.1) is 0 Å². The van der Waals surface area contributed by atoms with Crippen LogP contribution in [-0.4, -0.2) is 24.0 Å². The van der Waals surface area contributed by atoms with Crippen molar-refractivity contribution in [2.75, 3.05) is 12.8 Å². The molecule has 3 N–H and O–H groups in total. The average Bonchev–Trinajstić information content (AvgIpc) is 2.81. The highest BCUT2D eigenvalue weighted by Gasteiger charge is 2.18. The Bertz CT molecular complexity index is 413. The van der Waals surface area contributed by atoms with Gasteiger partial charge in [0.1, 0.15) is 0 Å². The molecule has 1 fully saturated rings. The van der Waals surface area contributed by atoms with Gasteiger partial charge in [-0.2, -0.15) is 0 Å². The quantitative estimate of drug-likeness (QED) is 0.805. The Balaban J connectivity index is 1.86. The smallest absolute Gasteiger partial charge is 0.317 e. The largest absolute Gasteiger partial charge is 0.399 e. The topological polar surface area (TPSA) is 58.4 Å². The first-order chi connectivity index (χ1) is 8.65. The molecule has 1 aliphatic carbocycles. The van der Waals surface area contributed by atoms with E-state index in [1.807, 2.05) is 31.3 Å². The van der Waals surface area contributed by atoms with E-state index in [0.717, 1.165) is 24.1 Å². The summed E-state index contributed by atoms with van der Waals surface area (Å²) >= 11 is 0. The molecule has 4 nitrogen and oxygen atoms in total. The SMILES string of the molecule is CN(Cc1cccc(N)c1)C(=O)NC1CCCC1. The van der Waals surface area contributed by atoms with Crippen LogP contribution in [0.1, 0.15) is 31.2 Å². The average molecular weight is 247 g/mol. The Labute approximate surface area is 108 Å². The summed E-state index contributed by atoms with van der Waals surface area (Å²) in [5.41, 5.74) is 7.51. The Morgan fingerprint density at radius 2 is 2.17 bits per heavy atom. The van der Waals surface area contributed by atoms with Crippen LogP contribution in [0.15, 0.2) is 24.3 Å². The number of amides is 2. The lowest BCUT2D eigenvalue weighted by atomic mass is 10.2. The maximum absolute atomic E-state index is 12.0. The number of urea groups is 1. The van der Waals surface area contributed by atoms with Crippen molar-refractivity contribution in [3.63, 3.8) is 0 Å². The van der Waals surface area contributed by atoms with Crippen molar-refractivity contribution in [3.05, 3.63) is 29.8 Å². The minimum Gasteiger partial charge on any atom is -0.399 e. The molecule has 2 rings (SSSR count). The van der Waals surface area contributed by atoms with Gasteiger partial charge < -0.3 is 16.0 Å². The van der Waals surface area contributed by atoms with Crippen molar-refractivity contribution in [2.24, 2.45) is 0 Å². The lowest BCUT2D eigenvalue weighted by Gasteiger charge is -2.21. The minimum atomic E-state index is 0.00400. The van der Waals surface area contributed by atoms with Crippen molar-refractivity contribution in [1.82, 2.24) is 10.2 Å². The molecule has 0 unspecified atom stereocenters. The van der Waals surface area contributed by atoms with E-state index in [9.17, 15) is 4.79 Å². The maximum atomic E-state index is 12.0. The van der Waals surface area contributed by atoms with Crippen molar-refractivity contribution < 1.29 is 4.79 Å². The molecule has 0 aliphatic heterocycles. The van der Waals surface area contributed by atoms with E-state index >= 15 is 0 Å². The molecule has 2 amide bonds. The van der Waals surface area contributed by atoms with Crippen LogP contribution in [0.5, 0.6) is 0 Å². The standard InChI is InChI=1S/C14H21N3O/c1-17(10-11-5-4-6-12(15)9-11)14(18)16-13-7-2-3-8-13/h4-6,9,13H,2-3,7-8,10,15H2,1H3,(H,16,18). The molecule has 98 valence electrons. The highest BCUT2D eigenvalue weighted by Crippen LogP contribution is 2.18. The number of nitrogens with zero attached hydrogens (tertiary/aromatic N) is 1. The number of nitrogens with two attached hydrogens (primary N) is 1. The van der Waals surface area contributed by atoms with Crippen molar-refractivity contribution in [3.8, 4) is 0 Å². The summed E-state index contributed by atoms with van der Waals surface area (Å²) in [6.45, 7) is 0.587. The van der Waals surface area contributed by atoms with Gasteiger partial charge in [-0.1, -0.05) is 25.0 Å². The van der Waals surface area contributed by atoms with Crippen LogP contribution in [0.2, 0.25) is 0 Å². The number of nitrogens with one attached hydrogen (secondary N) is 1. The number of hydrogen-bond donors (Lipinski definition) is 2. The van der Waals surface area contributed by atoms with Crippen molar-refractivity contribution in [2.45, 2.75) is 38.3 Å². The van der Waals surface area contributed by atoms with Crippen LogP contribution in [-0.2, 0) is 6.54 Å². The van der Waals surface area contributed by atoms with Gasteiger partial charge in [0.2, 0.25) is 0 Å². The van der Waals surface area contributed by atoms with Gasteiger partial charge in [0.15, 0.2) is 0 Å². The molecule has 0 atom stereocenters. The molecule has 1 aromatic rings. The normalized spacial score (nSPS) is 15.6. The van der Waals surface area contributed by atoms with Gasteiger partial charge in [-0.05, 0) is 30.5 Å². The van der Waals surface area contributed by atoms with Crippen LogP contribution in [0.4, 0.5) is 10.5 Å². The first kappa shape index (κ1) is 12.7. The van der Waals surface area contributed by atoms with Gasteiger partial charge in [0.25, 0.3) is 0 Å². The van der Waals surface area contributed by atoms with Crippen LogP contribution in [0, 0.1) is 0 Å². The summed E-state index contributed by atoms with van der Waals surface area (Å²) in [5, 5.41) is 3.07. The summed E-state index contributed by atoms with van der Waals surface area (Å²) in [5.74, 6) is 0. The Morgan fingerprint density at radius 3 is 2.83 bits per heavy atom. The zero-order chi connectivity index (χ0) is 13.0. The van der Waals surface area contributed by atoms with Crippen LogP contribution < -0.4 is 11.1 Å². The van der Waals surface area contributed by atoms with Gasteiger partial charge >= 0.3 is 6.03 Å². The summed E-state index contributed by atoms with van der Waals surface area (Å²) in [7, 11) is 1.81. The maximum Gasteiger partial charge on any atom is 0.317 e. The molecule has 1 aromatic carbocycles. The van der Waals surface area contributed by atoms with E-state index < -0.39 is 0 Å². The zero-order valence-electron chi connectivity index (χ0n) is 10.9. The lowest BCUT2D eigenvalue weighted by Crippen LogP contribution is -2.41. The molecular formula is C14H21N3O. The predicted octanol–water partition coefficient (Wildman–Crippen LogP) is 2.35. The monoisotopic (exact) mass is 247 g/mol. The molecule has 1 saturated carbocycles. The number of benzene rings is 1. The van der Waals surface area contributed by atoms with Crippen molar-refractivity contribution >= 4 is 11.7 Å². The summed E-state index contributed by atoms with van der Waals surface area (Å²) in [6, 6.07) is 8.01. The Morgan fingerprint density at radius 1 is 1.44 bits per heavy atom. The van der Waals surface area contributed by atoms with Crippen LogP contribution in [0.25, 0.3) is 0 Å². The molecule has 0 aromatic heterocycles. The summed E-state index contributed by atoms with van der Waals surface area (Å²) in [4.78, 5) is 13.7. The molecule has 0 heterocycles. The first-order valence-electron chi connectivity index (χ1n) is 6.51. The van der Waals surface area contributed by atoms with Crippen LogP contribution in [0.3, 0.4) is 0 Å². The number of anilines is 1. The number of nitrogen functional groups attached to an aromatic ring is 1. The second-order valence-corrected chi connectivity index (χ2v) is 5.03. The van der Waals surface area contributed by atoms with Gasteiger partial charge in [-0.3, -0.25) is 0 Å². The highest BCUT2D eigenvalue weighted by molar-refractivity contribution is 5.74. The summed E-state index contributed by atoms with van der Waals surface area (Å²) in [6.07, 6.45) is 4.67. The number of carbonyl (C=O) groups excluding carboxylic acids is 1. The van der Waals surface area contributed by atoms with E-state index in [0.29, 0.717) is 12.6 Å². The Kier molecular flexibility index (Phi) is 4.07. The molecule has 1 aliphatic rings. The third-order valence-electron chi connectivity index (χ3n) is 3.40. The lowest BCUT2D eigenvalue weighted by molar-refractivity contribution is 0.203. The number of rotatable bonds is 3. The van der Waals surface area contributed by atoms with Gasteiger partial charge in [0.05, 0.1) is 0 Å². The minimum absolute atomic E-state index is 0.00400. The van der Waals surface area contributed by atoms with E-state index in [4.69, 9.17) is 5.73 Å². The predicted molar refractivity (Wildman–Crippen MR) is 73.1 cm³/mol. The molecule has 0 bridgehead atoms. The van der Waals surface area contributed by atoms with Crippen molar-refractivity contribution in [1.29, 1.82) is 0 Å². The zero-order valence-corrected chi connectivity index (χ0v) is 10.9.